The van der Waals surface area contributed by atoms with Gasteiger partial charge in [-0.1, -0.05) is 12.1 Å². The molecule has 0 unspecified atom stereocenters. The van der Waals surface area contributed by atoms with E-state index in [0.717, 1.165) is 11.1 Å². The molecular weight excluding hydrogens is 274 g/mol. The van der Waals surface area contributed by atoms with Crippen LogP contribution in [0.5, 0.6) is 0 Å². The highest BCUT2D eigenvalue weighted by atomic mass is 32.2. The van der Waals surface area contributed by atoms with E-state index in [1.807, 2.05) is 12.1 Å². The van der Waals surface area contributed by atoms with Crippen LogP contribution in [0.3, 0.4) is 0 Å². The molecule has 2 rings (SSSR count). The molecule has 0 aliphatic carbocycles. The molecule has 0 spiro atoms. The normalized spacial score (nSPS) is 11.2. The Kier molecular flexibility index (Phi) is 4.70. The van der Waals surface area contributed by atoms with Crippen LogP contribution in [0.4, 0.5) is 5.69 Å². The summed E-state index contributed by atoms with van der Waals surface area (Å²) >= 11 is 0. The molecule has 0 saturated carbocycles. The lowest BCUT2D eigenvalue weighted by Crippen LogP contribution is -2.18. The molecule has 106 valence electrons. The Labute approximate surface area is 118 Å². The van der Waals surface area contributed by atoms with Crippen LogP contribution in [-0.2, 0) is 23.0 Å². The summed E-state index contributed by atoms with van der Waals surface area (Å²) in [5.74, 6) is 0.0374. The molecule has 0 aliphatic rings. The van der Waals surface area contributed by atoms with Crippen LogP contribution in [0.15, 0.2) is 48.8 Å². The summed E-state index contributed by atoms with van der Waals surface area (Å²) in [5.41, 5.74) is 7.96. The molecule has 0 bridgehead atoms. The monoisotopic (exact) mass is 291 g/mol. The molecule has 0 aliphatic heterocycles. The van der Waals surface area contributed by atoms with E-state index in [1.54, 1.807) is 36.7 Å². The SMILES string of the molecule is NCc1ccc(NS(=O)(=O)CCc2ccncc2)cc1. The fourth-order valence-corrected chi connectivity index (χ4v) is 2.84. The molecule has 20 heavy (non-hydrogen) atoms. The molecule has 0 atom stereocenters. The van der Waals surface area contributed by atoms with Gasteiger partial charge in [0.25, 0.3) is 0 Å². The lowest BCUT2D eigenvalue weighted by Gasteiger charge is -2.08. The Morgan fingerprint density at radius 3 is 2.25 bits per heavy atom. The molecule has 3 N–H and O–H groups in total. The molecule has 0 radical (unpaired) electrons. The Morgan fingerprint density at radius 1 is 1.00 bits per heavy atom. The molecule has 0 amide bonds. The maximum Gasteiger partial charge on any atom is 0.233 e. The van der Waals surface area contributed by atoms with Gasteiger partial charge in [0.05, 0.1) is 5.75 Å². The second-order valence-electron chi connectivity index (χ2n) is 4.43. The Balaban J connectivity index is 1.96. The quantitative estimate of drug-likeness (QED) is 0.845. The molecule has 0 fully saturated rings. The Hall–Kier alpha value is -1.92. The van der Waals surface area contributed by atoms with Gasteiger partial charge in [-0.3, -0.25) is 9.71 Å². The summed E-state index contributed by atoms with van der Waals surface area (Å²) in [7, 11) is -3.35. The van der Waals surface area contributed by atoms with E-state index < -0.39 is 10.0 Å². The summed E-state index contributed by atoms with van der Waals surface area (Å²) in [6.07, 6.45) is 3.76. The van der Waals surface area contributed by atoms with E-state index in [9.17, 15) is 8.42 Å². The molecule has 0 saturated heterocycles. The minimum Gasteiger partial charge on any atom is -0.326 e. The van der Waals surface area contributed by atoms with Crippen molar-refractivity contribution in [2.24, 2.45) is 5.73 Å². The molecule has 5 nitrogen and oxygen atoms in total. The van der Waals surface area contributed by atoms with E-state index in [0.29, 0.717) is 18.7 Å². The lowest BCUT2D eigenvalue weighted by molar-refractivity contribution is 0.600. The highest BCUT2D eigenvalue weighted by molar-refractivity contribution is 7.92. The highest BCUT2D eigenvalue weighted by Crippen LogP contribution is 2.12. The van der Waals surface area contributed by atoms with Crippen LogP contribution in [0.2, 0.25) is 0 Å². The largest absolute Gasteiger partial charge is 0.326 e. The van der Waals surface area contributed by atoms with Gasteiger partial charge in [-0.05, 0) is 41.8 Å². The Morgan fingerprint density at radius 2 is 1.65 bits per heavy atom. The second kappa shape index (κ2) is 6.49. The minimum atomic E-state index is -3.35. The standard InChI is InChI=1S/C14H17N3O2S/c15-11-13-1-3-14(4-2-13)17-20(18,19)10-7-12-5-8-16-9-6-12/h1-6,8-9,17H,7,10-11,15H2. The molecule has 1 aromatic carbocycles. The fourth-order valence-electron chi connectivity index (χ4n) is 1.74. The molecule has 6 heteroatoms. The number of nitrogens with zero attached hydrogens (tertiary/aromatic N) is 1. The predicted octanol–water partition coefficient (Wildman–Crippen LogP) is 1.52. The first-order valence-corrected chi connectivity index (χ1v) is 7.93. The van der Waals surface area contributed by atoms with Gasteiger partial charge in [0.1, 0.15) is 0 Å². The maximum absolute atomic E-state index is 12.0. The van der Waals surface area contributed by atoms with Gasteiger partial charge in [-0.15, -0.1) is 0 Å². The van der Waals surface area contributed by atoms with Crippen molar-refractivity contribution in [1.82, 2.24) is 4.98 Å². The van der Waals surface area contributed by atoms with E-state index >= 15 is 0 Å². The van der Waals surface area contributed by atoms with Crippen molar-refractivity contribution in [3.8, 4) is 0 Å². The number of anilines is 1. The van der Waals surface area contributed by atoms with Crippen molar-refractivity contribution in [2.45, 2.75) is 13.0 Å². The second-order valence-corrected chi connectivity index (χ2v) is 6.27. The number of pyridine rings is 1. The van der Waals surface area contributed by atoms with Crippen molar-refractivity contribution < 1.29 is 8.42 Å². The zero-order valence-electron chi connectivity index (χ0n) is 11.0. The minimum absolute atomic E-state index is 0.0374. The van der Waals surface area contributed by atoms with Crippen LogP contribution >= 0.6 is 0 Å². The average Bonchev–Trinajstić information content (AvgIpc) is 2.47. The molecule has 1 aromatic heterocycles. The van der Waals surface area contributed by atoms with Crippen molar-refractivity contribution in [2.75, 3.05) is 10.5 Å². The third-order valence-corrected chi connectivity index (χ3v) is 4.16. The first-order chi connectivity index (χ1) is 9.59. The molecule has 1 heterocycles. The van der Waals surface area contributed by atoms with Crippen LogP contribution in [-0.4, -0.2) is 19.2 Å². The third-order valence-electron chi connectivity index (χ3n) is 2.87. The smallest absolute Gasteiger partial charge is 0.233 e. The van der Waals surface area contributed by atoms with Gasteiger partial charge in [-0.25, -0.2) is 8.42 Å². The number of aromatic nitrogens is 1. The average molecular weight is 291 g/mol. The van der Waals surface area contributed by atoms with Crippen LogP contribution in [0.1, 0.15) is 11.1 Å². The summed E-state index contributed by atoms with van der Waals surface area (Å²) in [5, 5.41) is 0. The lowest BCUT2D eigenvalue weighted by atomic mass is 10.2. The zero-order chi connectivity index (χ0) is 14.4. The van der Waals surface area contributed by atoms with Gasteiger partial charge in [0, 0.05) is 24.6 Å². The maximum atomic E-state index is 12.0. The van der Waals surface area contributed by atoms with E-state index in [-0.39, 0.29) is 5.75 Å². The van der Waals surface area contributed by atoms with Gasteiger partial charge >= 0.3 is 0 Å². The van der Waals surface area contributed by atoms with Gasteiger partial charge in [-0.2, -0.15) is 0 Å². The van der Waals surface area contributed by atoms with Crippen molar-refractivity contribution in [3.63, 3.8) is 0 Å². The van der Waals surface area contributed by atoms with Gasteiger partial charge in [0.2, 0.25) is 10.0 Å². The number of aryl methyl sites for hydroxylation is 1. The Bertz CT molecular complexity index is 640. The number of hydrogen-bond donors (Lipinski definition) is 2. The van der Waals surface area contributed by atoms with E-state index in [1.165, 1.54) is 0 Å². The summed E-state index contributed by atoms with van der Waals surface area (Å²) in [6, 6.07) is 10.7. The van der Waals surface area contributed by atoms with Crippen LogP contribution in [0, 0.1) is 0 Å². The third kappa shape index (κ3) is 4.32. The van der Waals surface area contributed by atoms with E-state index in [2.05, 4.69) is 9.71 Å². The molecule has 2 aromatic rings. The van der Waals surface area contributed by atoms with Crippen molar-refractivity contribution >= 4 is 15.7 Å². The number of sulfonamides is 1. The zero-order valence-corrected chi connectivity index (χ0v) is 11.8. The molecular formula is C14H17N3O2S. The van der Waals surface area contributed by atoms with Crippen molar-refractivity contribution in [1.29, 1.82) is 0 Å². The summed E-state index contributed by atoms with van der Waals surface area (Å²) < 4.78 is 26.5. The predicted molar refractivity (Wildman–Crippen MR) is 79.7 cm³/mol. The van der Waals surface area contributed by atoms with Crippen LogP contribution in [0.25, 0.3) is 0 Å². The number of nitrogens with one attached hydrogen (secondary N) is 1. The number of rotatable bonds is 6. The summed E-state index contributed by atoms with van der Waals surface area (Å²) in [6.45, 7) is 0.440. The first kappa shape index (κ1) is 14.5. The van der Waals surface area contributed by atoms with Crippen LogP contribution < -0.4 is 10.5 Å². The first-order valence-electron chi connectivity index (χ1n) is 6.27. The topological polar surface area (TPSA) is 85.1 Å². The summed E-state index contributed by atoms with van der Waals surface area (Å²) in [4.78, 5) is 3.90. The van der Waals surface area contributed by atoms with Gasteiger partial charge in [0.15, 0.2) is 0 Å². The fraction of sp³-hybridized carbons (Fsp3) is 0.214. The highest BCUT2D eigenvalue weighted by Gasteiger charge is 2.10. The van der Waals surface area contributed by atoms with Gasteiger partial charge < -0.3 is 5.73 Å². The number of nitrogens with two attached hydrogens (primary N) is 1. The van der Waals surface area contributed by atoms with Crippen molar-refractivity contribution in [3.05, 3.63) is 59.9 Å². The number of hydrogen-bond acceptors (Lipinski definition) is 4. The number of benzene rings is 1. The van der Waals surface area contributed by atoms with E-state index in [4.69, 9.17) is 5.73 Å².